The summed E-state index contributed by atoms with van der Waals surface area (Å²) in [5.41, 5.74) is 3.63. The monoisotopic (exact) mass is 229 g/mol. The third-order valence-electron chi connectivity index (χ3n) is 2.89. The molecule has 1 N–H and O–H groups in total. The molecule has 0 aliphatic carbocycles. The molecule has 0 bridgehead atoms. The fraction of sp³-hybridized carbons (Fsp3) is 0.231. The van der Waals surface area contributed by atoms with Crippen molar-refractivity contribution >= 4 is 5.69 Å². The zero-order valence-corrected chi connectivity index (χ0v) is 10.2. The first kappa shape index (κ1) is 11.4. The van der Waals surface area contributed by atoms with Gasteiger partial charge in [0.1, 0.15) is 0 Å². The van der Waals surface area contributed by atoms with Crippen LogP contribution in [0.4, 0.5) is 5.69 Å². The molecule has 0 unspecified atom stereocenters. The Morgan fingerprint density at radius 1 is 1.29 bits per heavy atom. The number of nitrogens with one attached hydrogen (secondary N) is 1. The van der Waals surface area contributed by atoms with E-state index in [0.29, 0.717) is 0 Å². The standard InChI is InChI=1S/C13H15N3O/c1-9-5-4-6-12(10(9)2)16-13(17)7-11(14-3)8-15-16/h4-8,14H,1-3H3. The van der Waals surface area contributed by atoms with Crippen LogP contribution < -0.4 is 10.9 Å². The van der Waals surface area contributed by atoms with Crippen LogP contribution in [-0.4, -0.2) is 16.8 Å². The van der Waals surface area contributed by atoms with E-state index in [4.69, 9.17) is 0 Å². The highest BCUT2D eigenvalue weighted by Crippen LogP contribution is 2.15. The zero-order chi connectivity index (χ0) is 12.4. The van der Waals surface area contributed by atoms with Crippen LogP contribution in [0.5, 0.6) is 0 Å². The van der Waals surface area contributed by atoms with Crippen LogP contribution in [0.15, 0.2) is 35.3 Å². The van der Waals surface area contributed by atoms with Crippen molar-refractivity contribution in [3.63, 3.8) is 0 Å². The molecule has 4 nitrogen and oxygen atoms in total. The van der Waals surface area contributed by atoms with Crippen molar-refractivity contribution in [2.24, 2.45) is 0 Å². The molecule has 0 aliphatic rings. The molecule has 0 radical (unpaired) electrons. The number of hydrogen-bond donors (Lipinski definition) is 1. The maximum absolute atomic E-state index is 11.9. The van der Waals surface area contributed by atoms with Crippen LogP contribution >= 0.6 is 0 Å². The Labute approximate surface area is 99.9 Å². The minimum Gasteiger partial charge on any atom is -0.387 e. The van der Waals surface area contributed by atoms with Gasteiger partial charge >= 0.3 is 0 Å². The highest BCUT2D eigenvalue weighted by Gasteiger charge is 2.06. The molecule has 1 aromatic heterocycles. The minimum atomic E-state index is -0.134. The van der Waals surface area contributed by atoms with E-state index in [-0.39, 0.29) is 5.56 Å². The zero-order valence-electron chi connectivity index (χ0n) is 10.2. The molecule has 2 rings (SSSR count). The van der Waals surface area contributed by atoms with Gasteiger partial charge in [-0.25, -0.2) is 0 Å². The molecule has 0 saturated heterocycles. The van der Waals surface area contributed by atoms with E-state index >= 15 is 0 Å². The summed E-state index contributed by atoms with van der Waals surface area (Å²) in [5, 5.41) is 7.06. The Hall–Kier alpha value is -2.10. The molecular formula is C13H15N3O. The van der Waals surface area contributed by atoms with Crippen molar-refractivity contribution in [3.8, 4) is 5.69 Å². The van der Waals surface area contributed by atoms with E-state index in [0.717, 1.165) is 22.5 Å². The lowest BCUT2D eigenvalue weighted by molar-refractivity contribution is 0.801. The first-order valence-electron chi connectivity index (χ1n) is 5.47. The van der Waals surface area contributed by atoms with E-state index in [1.807, 2.05) is 32.0 Å². The summed E-state index contributed by atoms with van der Waals surface area (Å²) in [6, 6.07) is 7.38. The highest BCUT2D eigenvalue weighted by atomic mass is 16.1. The van der Waals surface area contributed by atoms with Gasteiger partial charge in [0.15, 0.2) is 0 Å². The second-order valence-electron chi connectivity index (χ2n) is 3.96. The second-order valence-corrected chi connectivity index (χ2v) is 3.96. The Kier molecular flexibility index (Phi) is 2.95. The number of rotatable bonds is 2. The molecule has 88 valence electrons. The Balaban J connectivity index is 2.61. The maximum Gasteiger partial charge on any atom is 0.273 e. The van der Waals surface area contributed by atoms with Crippen molar-refractivity contribution in [1.82, 2.24) is 9.78 Å². The minimum absolute atomic E-state index is 0.134. The second kappa shape index (κ2) is 4.41. The van der Waals surface area contributed by atoms with Crippen LogP contribution in [0, 0.1) is 13.8 Å². The number of aromatic nitrogens is 2. The number of nitrogens with zero attached hydrogens (tertiary/aromatic N) is 2. The van der Waals surface area contributed by atoms with Gasteiger partial charge in [-0.15, -0.1) is 0 Å². The van der Waals surface area contributed by atoms with Gasteiger partial charge in [-0.05, 0) is 31.0 Å². The number of aryl methyl sites for hydroxylation is 1. The maximum atomic E-state index is 11.9. The highest BCUT2D eigenvalue weighted by molar-refractivity contribution is 5.45. The molecule has 0 fully saturated rings. The van der Waals surface area contributed by atoms with Crippen molar-refractivity contribution in [3.05, 3.63) is 51.9 Å². The third kappa shape index (κ3) is 2.06. The van der Waals surface area contributed by atoms with Crippen molar-refractivity contribution in [2.45, 2.75) is 13.8 Å². The average molecular weight is 229 g/mol. The van der Waals surface area contributed by atoms with Gasteiger partial charge in [-0.2, -0.15) is 9.78 Å². The average Bonchev–Trinajstić information content (AvgIpc) is 2.33. The van der Waals surface area contributed by atoms with Crippen LogP contribution in [-0.2, 0) is 0 Å². The summed E-state index contributed by atoms with van der Waals surface area (Å²) in [5.74, 6) is 0. The lowest BCUT2D eigenvalue weighted by Crippen LogP contribution is -2.21. The first-order valence-corrected chi connectivity index (χ1v) is 5.47. The topological polar surface area (TPSA) is 46.9 Å². The van der Waals surface area contributed by atoms with Crippen LogP contribution in [0.2, 0.25) is 0 Å². The van der Waals surface area contributed by atoms with Gasteiger partial charge in [0.2, 0.25) is 0 Å². The Morgan fingerprint density at radius 3 is 2.71 bits per heavy atom. The third-order valence-corrected chi connectivity index (χ3v) is 2.89. The van der Waals surface area contributed by atoms with Crippen LogP contribution in [0.3, 0.4) is 0 Å². The van der Waals surface area contributed by atoms with E-state index in [2.05, 4.69) is 10.4 Å². The summed E-state index contributed by atoms with van der Waals surface area (Å²) in [6.45, 7) is 4.01. The van der Waals surface area contributed by atoms with E-state index < -0.39 is 0 Å². The van der Waals surface area contributed by atoms with Crippen molar-refractivity contribution in [2.75, 3.05) is 12.4 Å². The van der Waals surface area contributed by atoms with Gasteiger partial charge in [0, 0.05) is 13.1 Å². The summed E-state index contributed by atoms with van der Waals surface area (Å²) in [6.07, 6.45) is 1.64. The fourth-order valence-corrected chi connectivity index (χ4v) is 1.69. The van der Waals surface area contributed by atoms with Gasteiger partial charge in [0.25, 0.3) is 5.56 Å². The van der Waals surface area contributed by atoms with Gasteiger partial charge < -0.3 is 5.32 Å². The summed E-state index contributed by atoms with van der Waals surface area (Å²) < 4.78 is 1.42. The largest absolute Gasteiger partial charge is 0.387 e. The Morgan fingerprint density at radius 2 is 2.06 bits per heavy atom. The van der Waals surface area contributed by atoms with E-state index in [1.165, 1.54) is 10.7 Å². The quantitative estimate of drug-likeness (QED) is 0.855. The lowest BCUT2D eigenvalue weighted by Gasteiger charge is -2.10. The van der Waals surface area contributed by atoms with E-state index in [1.54, 1.807) is 13.2 Å². The molecule has 1 aromatic carbocycles. The molecule has 4 heteroatoms. The number of hydrogen-bond acceptors (Lipinski definition) is 3. The van der Waals surface area contributed by atoms with Crippen molar-refractivity contribution < 1.29 is 0 Å². The van der Waals surface area contributed by atoms with Crippen LogP contribution in [0.25, 0.3) is 5.69 Å². The molecule has 0 amide bonds. The molecule has 0 aliphatic heterocycles. The summed E-state index contributed by atoms with van der Waals surface area (Å²) >= 11 is 0. The molecule has 0 atom stereocenters. The smallest absolute Gasteiger partial charge is 0.273 e. The molecule has 0 spiro atoms. The van der Waals surface area contributed by atoms with Gasteiger partial charge in [-0.1, -0.05) is 12.1 Å². The predicted molar refractivity (Wildman–Crippen MR) is 68.9 cm³/mol. The van der Waals surface area contributed by atoms with Gasteiger partial charge in [-0.3, -0.25) is 4.79 Å². The predicted octanol–water partition coefficient (Wildman–Crippen LogP) is 1.89. The molecule has 0 saturated carbocycles. The molecule has 1 heterocycles. The van der Waals surface area contributed by atoms with Crippen LogP contribution in [0.1, 0.15) is 11.1 Å². The van der Waals surface area contributed by atoms with Gasteiger partial charge in [0.05, 0.1) is 17.6 Å². The summed E-state index contributed by atoms with van der Waals surface area (Å²) in [7, 11) is 1.76. The lowest BCUT2D eigenvalue weighted by atomic mass is 10.1. The van der Waals surface area contributed by atoms with E-state index in [9.17, 15) is 4.79 Å². The fourth-order valence-electron chi connectivity index (χ4n) is 1.69. The Bertz CT molecular complexity index is 602. The number of benzene rings is 1. The molecular weight excluding hydrogens is 214 g/mol. The SMILES string of the molecule is CNc1cnn(-c2cccc(C)c2C)c(=O)c1. The first-order chi connectivity index (χ1) is 8.13. The van der Waals surface area contributed by atoms with Crippen molar-refractivity contribution in [1.29, 1.82) is 0 Å². The molecule has 2 aromatic rings. The number of anilines is 1. The normalized spacial score (nSPS) is 10.3. The molecule has 17 heavy (non-hydrogen) atoms. The summed E-state index contributed by atoms with van der Waals surface area (Å²) in [4.78, 5) is 11.9.